The summed E-state index contributed by atoms with van der Waals surface area (Å²) in [6.45, 7) is 2.51. The normalized spacial score (nSPS) is 18.4. The minimum atomic E-state index is -0.318. The van der Waals surface area contributed by atoms with Crippen LogP contribution in [0.4, 0.5) is 5.00 Å². The molecule has 0 unspecified atom stereocenters. The summed E-state index contributed by atoms with van der Waals surface area (Å²) in [6, 6.07) is 0.495. The number of carbonyl (C=O) groups excluding carboxylic acids is 2. The first-order valence-electron chi connectivity index (χ1n) is 9.38. The lowest BCUT2D eigenvalue weighted by Crippen LogP contribution is -2.39. The van der Waals surface area contributed by atoms with Gasteiger partial charge in [-0.3, -0.25) is 9.69 Å². The number of amides is 1. The maximum atomic E-state index is 12.5. The number of anilines is 1. The number of thiophene rings is 1. The molecule has 1 aromatic heterocycles. The van der Waals surface area contributed by atoms with Crippen LogP contribution in [0.2, 0.25) is 0 Å². The van der Waals surface area contributed by atoms with E-state index in [0.29, 0.717) is 35.7 Å². The van der Waals surface area contributed by atoms with E-state index in [0.717, 1.165) is 18.4 Å². The van der Waals surface area contributed by atoms with Crippen molar-refractivity contribution in [2.24, 2.45) is 0 Å². The number of nitrogens with zero attached hydrogens (tertiary/aromatic N) is 1. The highest BCUT2D eigenvalue weighted by atomic mass is 32.1. The van der Waals surface area contributed by atoms with Crippen LogP contribution in [-0.4, -0.2) is 43.0 Å². The minimum absolute atomic E-state index is 0.0529. The molecule has 1 N–H and O–H groups in total. The average molecular weight is 365 g/mol. The Morgan fingerprint density at radius 2 is 1.96 bits per heavy atom. The standard InChI is InChI=1S/C19H28N2O3S/c1-3-24-19(23)17-15(13-9-10-13)12-25-18(17)20-16(22)11-21(2)14-7-5-4-6-8-14/h12-14H,3-11H2,1-2H3,(H,20,22). The molecule has 2 fully saturated rings. The molecule has 6 heteroatoms. The minimum Gasteiger partial charge on any atom is -0.462 e. The molecule has 1 heterocycles. The van der Waals surface area contributed by atoms with E-state index in [2.05, 4.69) is 10.2 Å². The summed E-state index contributed by atoms with van der Waals surface area (Å²) in [5, 5.41) is 5.61. The Labute approximate surface area is 153 Å². The van der Waals surface area contributed by atoms with E-state index < -0.39 is 0 Å². The number of likely N-dealkylation sites (N-methyl/N-ethyl adjacent to an activating group) is 1. The first-order chi connectivity index (χ1) is 12.1. The smallest absolute Gasteiger partial charge is 0.341 e. The average Bonchev–Trinajstić information content (AvgIpc) is 3.36. The molecule has 0 bridgehead atoms. The molecule has 1 aromatic rings. The second-order valence-corrected chi connectivity index (χ2v) is 8.02. The Balaban J connectivity index is 1.65. The van der Waals surface area contributed by atoms with Gasteiger partial charge in [-0.05, 0) is 56.5 Å². The van der Waals surface area contributed by atoms with Crippen LogP contribution in [0, 0.1) is 0 Å². The van der Waals surface area contributed by atoms with Crippen LogP contribution in [0.15, 0.2) is 5.38 Å². The van der Waals surface area contributed by atoms with Crippen molar-refractivity contribution in [1.82, 2.24) is 4.90 Å². The van der Waals surface area contributed by atoms with Crippen molar-refractivity contribution in [3.8, 4) is 0 Å². The number of hydrogen-bond donors (Lipinski definition) is 1. The predicted molar refractivity (Wildman–Crippen MR) is 100 cm³/mol. The largest absolute Gasteiger partial charge is 0.462 e. The third-order valence-electron chi connectivity index (χ3n) is 5.16. The molecule has 0 aromatic carbocycles. The van der Waals surface area contributed by atoms with E-state index in [1.807, 2.05) is 12.4 Å². The Kier molecular flexibility index (Phi) is 6.12. The third kappa shape index (κ3) is 4.61. The molecule has 25 heavy (non-hydrogen) atoms. The van der Waals surface area contributed by atoms with Gasteiger partial charge >= 0.3 is 5.97 Å². The van der Waals surface area contributed by atoms with Crippen molar-refractivity contribution in [1.29, 1.82) is 0 Å². The molecular formula is C19H28N2O3S. The van der Waals surface area contributed by atoms with Crippen molar-refractivity contribution in [2.75, 3.05) is 25.5 Å². The van der Waals surface area contributed by atoms with Gasteiger partial charge in [-0.25, -0.2) is 4.79 Å². The van der Waals surface area contributed by atoms with E-state index in [-0.39, 0.29) is 11.9 Å². The van der Waals surface area contributed by atoms with Crippen LogP contribution in [0.3, 0.4) is 0 Å². The number of nitrogens with one attached hydrogen (secondary N) is 1. The van der Waals surface area contributed by atoms with Crippen LogP contribution in [0.1, 0.15) is 73.7 Å². The topological polar surface area (TPSA) is 58.6 Å². The molecule has 138 valence electrons. The van der Waals surface area contributed by atoms with E-state index in [4.69, 9.17) is 4.74 Å². The quantitative estimate of drug-likeness (QED) is 0.743. The van der Waals surface area contributed by atoms with Gasteiger partial charge < -0.3 is 10.1 Å². The van der Waals surface area contributed by atoms with Gasteiger partial charge in [0, 0.05) is 6.04 Å². The zero-order valence-corrected chi connectivity index (χ0v) is 16.0. The van der Waals surface area contributed by atoms with E-state index in [1.54, 1.807) is 6.92 Å². The summed E-state index contributed by atoms with van der Waals surface area (Å²) >= 11 is 1.44. The maximum Gasteiger partial charge on any atom is 0.341 e. The number of rotatable bonds is 7. The van der Waals surface area contributed by atoms with Gasteiger partial charge in [-0.15, -0.1) is 11.3 Å². The number of esters is 1. The summed E-state index contributed by atoms with van der Waals surface area (Å²) < 4.78 is 5.21. The molecule has 0 atom stereocenters. The monoisotopic (exact) mass is 364 g/mol. The summed E-state index contributed by atoms with van der Waals surface area (Å²) in [4.78, 5) is 27.0. The fourth-order valence-electron chi connectivity index (χ4n) is 3.62. The molecule has 2 aliphatic rings. The zero-order chi connectivity index (χ0) is 17.8. The molecule has 5 nitrogen and oxygen atoms in total. The molecule has 0 radical (unpaired) electrons. The Bertz CT molecular complexity index is 618. The van der Waals surface area contributed by atoms with Crippen molar-refractivity contribution in [3.63, 3.8) is 0 Å². The van der Waals surface area contributed by atoms with Crippen LogP contribution in [0.25, 0.3) is 0 Å². The third-order valence-corrected chi connectivity index (χ3v) is 6.07. The first kappa shape index (κ1) is 18.4. The second-order valence-electron chi connectivity index (χ2n) is 7.15. The summed E-state index contributed by atoms with van der Waals surface area (Å²) in [7, 11) is 2.02. The van der Waals surface area contributed by atoms with Gasteiger partial charge in [0.05, 0.1) is 18.7 Å². The fourth-order valence-corrected chi connectivity index (χ4v) is 4.66. The molecule has 2 saturated carbocycles. The van der Waals surface area contributed by atoms with Crippen molar-refractivity contribution in [3.05, 3.63) is 16.5 Å². The van der Waals surface area contributed by atoms with Crippen molar-refractivity contribution >= 4 is 28.2 Å². The van der Waals surface area contributed by atoms with Crippen LogP contribution < -0.4 is 5.32 Å². The summed E-state index contributed by atoms with van der Waals surface area (Å²) in [5.41, 5.74) is 1.61. The lowest BCUT2D eigenvalue weighted by Gasteiger charge is -2.30. The Morgan fingerprint density at radius 3 is 2.60 bits per heavy atom. The predicted octanol–water partition coefficient (Wildman–Crippen LogP) is 4.01. The van der Waals surface area contributed by atoms with E-state index >= 15 is 0 Å². The van der Waals surface area contributed by atoms with Crippen molar-refractivity contribution < 1.29 is 14.3 Å². The molecule has 1 amide bonds. The highest BCUT2D eigenvalue weighted by Gasteiger charge is 2.32. The van der Waals surface area contributed by atoms with Crippen LogP contribution >= 0.6 is 11.3 Å². The molecule has 0 aliphatic heterocycles. The maximum absolute atomic E-state index is 12.5. The molecule has 3 rings (SSSR count). The number of carbonyl (C=O) groups is 2. The van der Waals surface area contributed by atoms with Crippen LogP contribution in [0.5, 0.6) is 0 Å². The van der Waals surface area contributed by atoms with Gasteiger partial charge in [0.1, 0.15) is 5.00 Å². The van der Waals surface area contributed by atoms with E-state index in [1.165, 1.54) is 43.4 Å². The number of hydrogen-bond acceptors (Lipinski definition) is 5. The molecule has 2 aliphatic carbocycles. The lowest BCUT2D eigenvalue weighted by atomic mass is 9.94. The molecular weight excluding hydrogens is 336 g/mol. The summed E-state index contributed by atoms with van der Waals surface area (Å²) in [6.07, 6.45) is 8.37. The SMILES string of the molecule is CCOC(=O)c1c(C2CC2)csc1NC(=O)CN(C)C1CCCCC1. The van der Waals surface area contributed by atoms with Gasteiger partial charge in [-0.2, -0.15) is 0 Å². The van der Waals surface area contributed by atoms with Crippen molar-refractivity contribution in [2.45, 2.75) is 63.8 Å². The van der Waals surface area contributed by atoms with Gasteiger partial charge in [0.25, 0.3) is 0 Å². The Morgan fingerprint density at radius 1 is 1.24 bits per heavy atom. The summed E-state index contributed by atoms with van der Waals surface area (Å²) in [5.74, 6) is 0.0793. The lowest BCUT2D eigenvalue weighted by molar-refractivity contribution is -0.117. The van der Waals surface area contributed by atoms with Gasteiger partial charge in [0.2, 0.25) is 5.91 Å². The van der Waals surface area contributed by atoms with Gasteiger partial charge in [-0.1, -0.05) is 19.3 Å². The number of ether oxygens (including phenoxy) is 1. The highest BCUT2D eigenvalue weighted by Crippen LogP contribution is 2.46. The zero-order valence-electron chi connectivity index (χ0n) is 15.2. The molecule has 0 spiro atoms. The van der Waals surface area contributed by atoms with E-state index in [9.17, 15) is 9.59 Å². The Hall–Kier alpha value is -1.40. The fraction of sp³-hybridized carbons (Fsp3) is 0.684. The first-order valence-corrected chi connectivity index (χ1v) is 10.3. The second kappa shape index (κ2) is 8.32. The van der Waals surface area contributed by atoms with Crippen LogP contribution in [-0.2, 0) is 9.53 Å². The van der Waals surface area contributed by atoms with Gasteiger partial charge in [0.15, 0.2) is 0 Å². The highest BCUT2D eigenvalue weighted by molar-refractivity contribution is 7.15. The molecule has 0 saturated heterocycles.